The molecule has 0 radical (unpaired) electrons. The number of methoxy groups -OCH3 is 2. The van der Waals surface area contributed by atoms with Crippen molar-refractivity contribution in [2.45, 2.75) is 10.9 Å². The Morgan fingerprint density at radius 2 is 1.67 bits per heavy atom. The Hall–Kier alpha value is -2.99. The third-order valence-electron chi connectivity index (χ3n) is 4.33. The molecule has 0 atom stereocenters. The largest absolute Gasteiger partial charge is 0.497 e. The SMILES string of the molecule is COc1cc(OC)cc(-c2nc(SCc3cccc4ccccc34)n[nH]2)c1. The quantitative estimate of drug-likeness (QED) is 0.483. The average molecular weight is 377 g/mol. The van der Waals surface area contributed by atoms with Crippen LogP contribution in [0.4, 0.5) is 0 Å². The first-order valence-electron chi connectivity index (χ1n) is 8.52. The molecular formula is C21H19N3O2S. The Labute approximate surface area is 161 Å². The molecule has 0 bridgehead atoms. The number of aromatic nitrogens is 3. The molecule has 0 aliphatic rings. The molecule has 1 aromatic heterocycles. The molecule has 0 amide bonds. The molecule has 0 fully saturated rings. The molecule has 3 aromatic carbocycles. The zero-order valence-electron chi connectivity index (χ0n) is 15.1. The highest BCUT2D eigenvalue weighted by atomic mass is 32.2. The molecule has 1 N–H and O–H groups in total. The smallest absolute Gasteiger partial charge is 0.209 e. The van der Waals surface area contributed by atoms with Crippen LogP contribution in [0.2, 0.25) is 0 Å². The maximum atomic E-state index is 5.32. The Bertz CT molecular complexity index is 1050. The summed E-state index contributed by atoms with van der Waals surface area (Å²) >= 11 is 1.61. The van der Waals surface area contributed by atoms with Crippen LogP contribution in [0.25, 0.3) is 22.2 Å². The summed E-state index contributed by atoms with van der Waals surface area (Å²) in [7, 11) is 3.26. The topological polar surface area (TPSA) is 60.0 Å². The predicted molar refractivity (Wildman–Crippen MR) is 108 cm³/mol. The van der Waals surface area contributed by atoms with E-state index in [4.69, 9.17) is 9.47 Å². The van der Waals surface area contributed by atoms with Crippen LogP contribution in [-0.4, -0.2) is 29.4 Å². The molecule has 1 heterocycles. The fourth-order valence-corrected chi connectivity index (χ4v) is 3.75. The van der Waals surface area contributed by atoms with Gasteiger partial charge in [-0.25, -0.2) is 4.98 Å². The highest BCUT2D eigenvalue weighted by Gasteiger charge is 2.10. The number of nitrogens with one attached hydrogen (secondary N) is 1. The van der Waals surface area contributed by atoms with Gasteiger partial charge in [0, 0.05) is 17.4 Å². The van der Waals surface area contributed by atoms with Crippen molar-refractivity contribution in [1.82, 2.24) is 15.2 Å². The zero-order chi connectivity index (χ0) is 18.6. The summed E-state index contributed by atoms with van der Waals surface area (Å²) < 4.78 is 10.6. The first-order valence-corrected chi connectivity index (χ1v) is 9.50. The van der Waals surface area contributed by atoms with Gasteiger partial charge in [0.25, 0.3) is 0 Å². The van der Waals surface area contributed by atoms with E-state index in [1.54, 1.807) is 26.0 Å². The lowest BCUT2D eigenvalue weighted by Crippen LogP contribution is -1.89. The normalized spacial score (nSPS) is 10.9. The lowest BCUT2D eigenvalue weighted by molar-refractivity contribution is 0.394. The molecule has 0 spiro atoms. The second-order valence-electron chi connectivity index (χ2n) is 5.99. The van der Waals surface area contributed by atoms with Crippen molar-refractivity contribution in [2.75, 3.05) is 14.2 Å². The minimum Gasteiger partial charge on any atom is -0.497 e. The monoisotopic (exact) mass is 377 g/mol. The maximum Gasteiger partial charge on any atom is 0.209 e. The van der Waals surface area contributed by atoms with Gasteiger partial charge in [-0.3, -0.25) is 5.10 Å². The van der Waals surface area contributed by atoms with E-state index in [0.717, 1.165) is 11.3 Å². The molecule has 0 aliphatic carbocycles. The fraction of sp³-hybridized carbons (Fsp3) is 0.143. The second-order valence-corrected chi connectivity index (χ2v) is 6.94. The standard InChI is InChI=1S/C21H19N3O2S/c1-25-17-10-16(11-18(12-17)26-2)20-22-21(24-23-20)27-13-15-8-5-7-14-6-3-4-9-19(14)15/h3-12H,13H2,1-2H3,(H,22,23,24). The van der Waals surface area contributed by atoms with E-state index in [9.17, 15) is 0 Å². The number of thioether (sulfide) groups is 1. The number of nitrogens with zero attached hydrogens (tertiary/aromatic N) is 2. The summed E-state index contributed by atoms with van der Waals surface area (Å²) in [5.74, 6) is 2.92. The molecule has 0 saturated carbocycles. The van der Waals surface area contributed by atoms with E-state index in [1.807, 2.05) is 18.2 Å². The third kappa shape index (κ3) is 3.75. The van der Waals surface area contributed by atoms with Crippen LogP contribution in [0.5, 0.6) is 11.5 Å². The minimum atomic E-state index is 0.688. The van der Waals surface area contributed by atoms with Crippen molar-refractivity contribution >= 4 is 22.5 Å². The van der Waals surface area contributed by atoms with Crippen LogP contribution in [0.3, 0.4) is 0 Å². The third-order valence-corrected chi connectivity index (χ3v) is 5.22. The Kier molecular flexibility index (Phi) is 4.98. The Morgan fingerprint density at radius 1 is 0.926 bits per heavy atom. The zero-order valence-corrected chi connectivity index (χ0v) is 15.9. The Balaban J connectivity index is 1.55. The molecule has 5 nitrogen and oxygen atoms in total. The predicted octanol–water partition coefficient (Wildman–Crippen LogP) is 4.93. The van der Waals surface area contributed by atoms with Gasteiger partial charge >= 0.3 is 0 Å². The summed E-state index contributed by atoms with van der Waals surface area (Å²) in [5.41, 5.74) is 2.14. The molecule has 0 saturated heterocycles. The molecule has 4 rings (SSSR count). The van der Waals surface area contributed by atoms with Crippen LogP contribution in [0.1, 0.15) is 5.56 Å². The van der Waals surface area contributed by atoms with Gasteiger partial charge in [-0.1, -0.05) is 54.2 Å². The van der Waals surface area contributed by atoms with Crippen molar-refractivity contribution in [3.05, 3.63) is 66.2 Å². The fourth-order valence-electron chi connectivity index (χ4n) is 2.94. The minimum absolute atomic E-state index is 0.688. The number of hydrogen-bond donors (Lipinski definition) is 1. The molecule has 6 heteroatoms. The molecular weight excluding hydrogens is 358 g/mol. The summed E-state index contributed by atoms with van der Waals surface area (Å²) in [6.45, 7) is 0. The molecule has 0 aliphatic heterocycles. The number of fused-ring (bicyclic) bond motifs is 1. The average Bonchev–Trinajstić information content (AvgIpc) is 3.21. The van der Waals surface area contributed by atoms with E-state index in [1.165, 1.54) is 16.3 Å². The van der Waals surface area contributed by atoms with Gasteiger partial charge < -0.3 is 9.47 Å². The molecule has 0 unspecified atom stereocenters. The van der Waals surface area contributed by atoms with Crippen LogP contribution in [-0.2, 0) is 5.75 Å². The van der Waals surface area contributed by atoms with Gasteiger partial charge in [0.1, 0.15) is 11.5 Å². The van der Waals surface area contributed by atoms with Gasteiger partial charge in [-0.05, 0) is 28.5 Å². The number of ether oxygens (including phenoxy) is 2. The van der Waals surface area contributed by atoms with Gasteiger partial charge in [-0.2, -0.15) is 0 Å². The highest BCUT2D eigenvalue weighted by molar-refractivity contribution is 7.98. The first-order chi connectivity index (χ1) is 13.3. The summed E-state index contributed by atoms with van der Waals surface area (Å²) in [6.07, 6.45) is 0. The summed E-state index contributed by atoms with van der Waals surface area (Å²) in [5, 5.41) is 10.6. The van der Waals surface area contributed by atoms with Gasteiger partial charge in [0.15, 0.2) is 5.82 Å². The van der Waals surface area contributed by atoms with Crippen molar-refractivity contribution in [2.24, 2.45) is 0 Å². The number of benzene rings is 3. The van der Waals surface area contributed by atoms with E-state index < -0.39 is 0 Å². The van der Waals surface area contributed by atoms with E-state index >= 15 is 0 Å². The Morgan fingerprint density at radius 3 is 2.44 bits per heavy atom. The van der Waals surface area contributed by atoms with Crippen LogP contribution >= 0.6 is 11.8 Å². The van der Waals surface area contributed by atoms with Gasteiger partial charge in [0.2, 0.25) is 5.16 Å². The maximum absolute atomic E-state index is 5.32. The lowest BCUT2D eigenvalue weighted by atomic mass is 10.1. The molecule has 136 valence electrons. The summed E-state index contributed by atoms with van der Waals surface area (Å²) in [6, 6.07) is 20.4. The molecule has 27 heavy (non-hydrogen) atoms. The van der Waals surface area contributed by atoms with Crippen molar-refractivity contribution < 1.29 is 9.47 Å². The summed E-state index contributed by atoms with van der Waals surface area (Å²) in [4.78, 5) is 4.61. The molecule has 4 aromatic rings. The van der Waals surface area contributed by atoms with Crippen LogP contribution in [0.15, 0.2) is 65.8 Å². The van der Waals surface area contributed by atoms with Crippen molar-refractivity contribution in [1.29, 1.82) is 0 Å². The number of hydrogen-bond acceptors (Lipinski definition) is 5. The van der Waals surface area contributed by atoms with E-state index in [0.29, 0.717) is 22.5 Å². The van der Waals surface area contributed by atoms with Crippen molar-refractivity contribution in [3.8, 4) is 22.9 Å². The number of H-pyrrole nitrogens is 1. The second kappa shape index (κ2) is 7.72. The van der Waals surface area contributed by atoms with E-state index in [-0.39, 0.29) is 0 Å². The lowest BCUT2D eigenvalue weighted by Gasteiger charge is -2.06. The number of aromatic amines is 1. The van der Waals surface area contributed by atoms with Crippen molar-refractivity contribution in [3.63, 3.8) is 0 Å². The highest BCUT2D eigenvalue weighted by Crippen LogP contribution is 2.30. The van der Waals surface area contributed by atoms with E-state index in [2.05, 4.69) is 57.6 Å². The van der Waals surface area contributed by atoms with Crippen LogP contribution in [0, 0.1) is 0 Å². The first kappa shape index (κ1) is 17.4. The number of rotatable bonds is 6. The van der Waals surface area contributed by atoms with Gasteiger partial charge in [-0.15, -0.1) is 5.10 Å². The van der Waals surface area contributed by atoms with Gasteiger partial charge in [0.05, 0.1) is 14.2 Å². The van der Waals surface area contributed by atoms with Crippen LogP contribution < -0.4 is 9.47 Å².